The van der Waals surface area contributed by atoms with E-state index < -0.39 is 5.41 Å². The topological polar surface area (TPSA) is 0 Å². The van der Waals surface area contributed by atoms with E-state index in [0.717, 1.165) is 0 Å². The minimum absolute atomic E-state index is 0.401. The minimum Gasteiger partial charge on any atom is -0.0622 e. The highest BCUT2D eigenvalue weighted by Gasteiger charge is 2.46. The lowest BCUT2D eigenvalue weighted by Crippen LogP contribution is -2.28. The molecule has 0 N–H and O–H groups in total. The first kappa shape index (κ1) is 23.0. The first-order chi connectivity index (χ1) is 19.7. The van der Waals surface area contributed by atoms with E-state index in [1.54, 1.807) is 0 Å². The van der Waals surface area contributed by atoms with E-state index in [1.165, 1.54) is 71.6 Å². The van der Waals surface area contributed by atoms with Crippen LogP contribution in [0, 0.1) is 6.92 Å². The lowest BCUT2D eigenvalue weighted by molar-refractivity contribution is 0.768. The molecule has 0 spiro atoms. The summed E-state index contributed by atoms with van der Waals surface area (Å²) in [7, 11) is 0. The molecule has 0 heteroatoms. The Balaban J connectivity index is 1.49. The van der Waals surface area contributed by atoms with Crippen molar-refractivity contribution in [3.8, 4) is 22.3 Å². The second-order valence-corrected chi connectivity index (χ2v) is 11.0. The Kier molecular flexibility index (Phi) is 5.06. The maximum Gasteiger partial charge on any atom is 0.0713 e. The van der Waals surface area contributed by atoms with Gasteiger partial charge in [-0.15, -0.1) is 0 Å². The first-order valence-electron chi connectivity index (χ1n) is 14.0. The molecular weight excluding hydrogens is 480 g/mol. The van der Waals surface area contributed by atoms with E-state index in [-0.39, 0.29) is 0 Å². The summed E-state index contributed by atoms with van der Waals surface area (Å²) in [5, 5.41) is 5.16. The van der Waals surface area contributed by atoms with Crippen molar-refractivity contribution in [2.24, 2.45) is 0 Å². The predicted molar refractivity (Wildman–Crippen MR) is 169 cm³/mol. The van der Waals surface area contributed by atoms with Gasteiger partial charge in [0.1, 0.15) is 0 Å². The second kappa shape index (κ2) is 8.79. The van der Waals surface area contributed by atoms with Gasteiger partial charge in [0.2, 0.25) is 0 Å². The molecule has 188 valence electrons. The predicted octanol–water partition coefficient (Wildman–Crippen LogP) is 10.3. The minimum atomic E-state index is -0.401. The smallest absolute Gasteiger partial charge is 0.0622 e. The number of hydrogen-bond donors (Lipinski definition) is 0. The number of benzene rings is 7. The zero-order chi connectivity index (χ0) is 26.7. The molecule has 1 aliphatic carbocycles. The van der Waals surface area contributed by atoms with Gasteiger partial charge in [0.05, 0.1) is 5.41 Å². The third kappa shape index (κ3) is 3.20. The van der Waals surface area contributed by atoms with Crippen LogP contribution in [0.5, 0.6) is 0 Å². The van der Waals surface area contributed by atoms with Gasteiger partial charge in [-0.25, -0.2) is 0 Å². The highest BCUT2D eigenvalue weighted by molar-refractivity contribution is 6.14. The average Bonchev–Trinajstić information content (AvgIpc) is 3.31. The van der Waals surface area contributed by atoms with Crippen LogP contribution in [0.15, 0.2) is 152 Å². The normalized spacial score (nSPS) is 13.3. The van der Waals surface area contributed by atoms with Gasteiger partial charge in [0.15, 0.2) is 0 Å². The van der Waals surface area contributed by atoms with Crippen LogP contribution in [0.3, 0.4) is 0 Å². The molecule has 0 saturated heterocycles. The van der Waals surface area contributed by atoms with Crippen molar-refractivity contribution in [2.75, 3.05) is 0 Å². The molecule has 0 aromatic heterocycles. The summed E-state index contributed by atoms with van der Waals surface area (Å²) < 4.78 is 0. The summed E-state index contributed by atoms with van der Waals surface area (Å²) in [5.74, 6) is 0. The summed E-state index contributed by atoms with van der Waals surface area (Å²) in [4.78, 5) is 0. The molecule has 0 heterocycles. The SMILES string of the molecule is Cc1ccc2c(c1)C(c1ccccc1)(c1ccccc1)c1cc(-c3cc4ccccc4c4ccccc34)ccc1-2. The Hall–Kier alpha value is -4.94. The molecule has 8 rings (SSSR count). The van der Waals surface area contributed by atoms with Crippen LogP contribution in [0.25, 0.3) is 43.8 Å². The third-order valence-corrected chi connectivity index (χ3v) is 8.79. The van der Waals surface area contributed by atoms with E-state index in [4.69, 9.17) is 0 Å². The summed E-state index contributed by atoms with van der Waals surface area (Å²) in [6.45, 7) is 2.21. The van der Waals surface area contributed by atoms with Gasteiger partial charge in [-0.05, 0) is 85.1 Å². The molecular formula is C40H28. The molecule has 0 atom stereocenters. The standard InChI is InChI=1S/C40H28/c1-27-20-22-35-36-23-21-29(37-25-28-12-8-9-17-32(28)33-18-10-11-19-34(33)37)26-39(36)40(38(35)24-27,30-13-4-2-5-14-30)31-15-6-3-7-16-31/h2-26H,1H3. The Morgan fingerprint density at radius 2 is 0.950 bits per heavy atom. The molecule has 7 aromatic carbocycles. The fraction of sp³-hybridized carbons (Fsp3) is 0.0500. The third-order valence-electron chi connectivity index (χ3n) is 8.79. The molecule has 1 aliphatic rings. The molecule has 0 aliphatic heterocycles. The van der Waals surface area contributed by atoms with Gasteiger partial charge in [0, 0.05) is 0 Å². The fourth-order valence-electron chi connectivity index (χ4n) is 7.06. The van der Waals surface area contributed by atoms with Crippen molar-refractivity contribution in [2.45, 2.75) is 12.3 Å². The van der Waals surface area contributed by atoms with Crippen molar-refractivity contribution >= 4 is 21.5 Å². The van der Waals surface area contributed by atoms with Crippen molar-refractivity contribution < 1.29 is 0 Å². The molecule has 0 nitrogen and oxygen atoms in total. The molecule has 0 radical (unpaired) electrons. The van der Waals surface area contributed by atoms with Gasteiger partial charge in [-0.2, -0.15) is 0 Å². The summed E-state index contributed by atoms with van der Waals surface area (Å²) in [6, 6.07) is 56.2. The van der Waals surface area contributed by atoms with E-state index >= 15 is 0 Å². The van der Waals surface area contributed by atoms with Gasteiger partial charge in [-0.3, -0.25) is 0 Å². The Morgan fingerprint density at radius 1 is 0.400 bits per heavy atom. The van der Waals surface area contributed by atoms with Crippen LogP contribution in [0.1, 0.15) is 27.8 Å². The Labute approximate surface area is 235 Å². The highest BCUT2D eigenvalue weighted by atomic mass is 14.5. The van der Waals surface area contributed by atoms with E-state index in [0.29, 0.717) is 0 Å². The summed E-state index contributed by atoms with van der Waals surface area (Å²) in [6.07, 6.45) is 0. The maximum absolute atomic E-state index is 2.47. The molecule has 0 unspecified atom stereocenters. The molecule has 40 heavy (non-hydrogen) atoms. The second-order valence-electron chi connectivity index (χ2n) is 11.0. The van der Waals surface area contributed by atoms with Gasteiger partial charge < -0.3 is 0 Å². The molecule has 7 aromatic rings. The van der Waals surface area contributed by atoms with Crippen LogP contribution in [-0.2, 0) is 5.41 Å². The molecule has 0 bridgehead atoms. The quantitative estimate of drug-likeness (QED) is 0.208. The fourth-order valence-corrected chi connectivity index (χ4v) is 7.06. The highest BCUT2D eigenvalue weighted by Crippen LogP contribution is 2.57. The van der Waals surface area contributed by atoms with Gasteiger partial charge in [0.25, 0.3) is 0 Å². The zero-order valence-electron chi connectivity index (χ0n) is 22.4. The van der Waals surface area contributed by atoms with Crippen molar-refractivity contribution in [1.29, 1.82) is 0 Å². The average molecular weight is 509 g/mol. The summed E-state index contributed by atoms with van der Waals surface area (Å²) >= 11 is 0. The number of fused-ring (bicyclic) bond motifs is 6. The summed E-state index contributed by atoms with van der Waals surface area (Å²) in [5.41, 5.74) is 11.4. The largest absolute Gasteiger partial charge is 0.0713 e. The molecule has 0 amide bonds. The van der Waals surface area contributed by atoms with Crippen LogP contribution in [0.4, 0.5) is 0 Å². The number of aryl methyl sites for hydroxylation is 1. The number of rotatable bonds is 3. The maximum atomic E-state index is 2.47. The number of hydrogen-bond acceptors (Lipinski definition) is 0. The van der Waals surface area contributed by atoms with Gasteiger partial charge in [-0.1, -0.05) is 145 Å². The van der Waals surface area contributed by atoms with E-state index in [9.17, 15) is 0 Å². The van der Waals surface area contributed by atoms with Crippen LogP contribution >= 0.6 is 0 Å². The molecule has 0 fully saturated rings. The zero-order valence-corrected chi connectivity index (χ0v) is 22.4. The van der Waals surface area contributed by atoms with Gasteiger partial charge >= 0.3 is 0 Å². The van der Waals surface area contributed by atoms with E-state index in [2.05, 4.69) is 159 Å². The van der Waals surface area contributed by atoms with E-state index in [1.807, 2.05) is 0 Å². The first-order valence-corrected chi connectivity index (χ1v) is 14.0. The Bertz CT molecular complexity index is 2010. The monoisotopic (exact) mass is 508 g/mol. The van der Waals surface area contributed by atoms with Crippen molar-refractivity contribution in [3.63, 3.8) is 0 Å². The van der Waals surface area contributed by atoms with Crippen molar-refractivity contribution in [1.82, 2.24) is 0 Å². The van der Waals surface area contributed by atoms with Crippen LogP contribution < -0.4 is 0 Å². The molecule has 0 saturated carbocycles. The van der Waals surface area contributed by atoms with Crippen LogP contribution in [0.2, 0.25) is 0 Å². The lowest BCUT2D eigenvalue weighted by Gasteiger charge is -2.34. The van der Waals surface area contributed by atoms with Crippen LogP contribution in [-0.4, -0.2) is 0 Å². The lowest BCUT2D eigenvalue weighted by atomic mass is 9.67. The van der Waals surface area contributed by atoms with Crippen molar-refractivity contribution in [3.05, 3.63) is 179 Å². The Morgan fingerprint density at radius 3 is 1.65 bits per heavy atom.